The summed E-state index contributed by atoms with van der Waals surface area (Å²) >= 11 is 5.74. The first-order chi connectivity index (χ1) is 9.08. The Morgan fingerprint density at radius 1 is 1.53 bits per heavy atom. The van der Waals surface area contributed by atoms with E-state index in [-0.39, 0.29) is 29.8 Å². The Morgan fingerprint density at radius 3 is 2.95 bits per heavy atom. The second kappa shape index (κ2) is 5.68. The summed E-state index contributed by atoms with van der Waals surface area (Å²) in [6.45, 7) is 0.292. The molecule has 0 saturated heterocycles. The van der Waals surface area contributed by atoms with Gasteiger partial charge in [0, 0.05) is 12.2 Å². The lowest BCUT2D eigenvalue weighted by atomic mass is 10.3. The van der Waals surface area contributed by atoms with Crippen LogP contribution in [0.25, 0.3) is 0 Å². The van der Waals surface area contributed by atoms with Gasteiger partial charge in [0.15, 0.2) is 0 Å². The molecule has 0 aliphatic carbocycles. The minimum Gasteiger partial charge on any atom is -0.506 e. The molecule has 7 nitrogen and oxygen atoms in total. The Labute approximate surface area is 114 Å². The molecule has 0 fully saturated rings. The average Bonchev–Trinajstić information content (AvgIpc) is 2.81. The fourth-order valence-electron chi connectivity index (χ4n) is 1.44. The Kier molecular flexibility index (Phi) is 3.98. The van der Waals surface area contributed by atoms with E-state index in [9.17, 15) is 9.90 Å². The highest BCUT2D eigenvalue weighted by Crippen LogP contribution is 2.25. The van der Waals surface area contributed by atoms with Crippen molar-refractivity contribution in [2.24, 2.45) is 5.73 Å². The summed E-state index contributed by atoms with van der Waals surface area (Å²) in [6, 6.07) is 4.41. The number of nitrogens with zero attached hydrogens (tertiary/aromatic N) is 3. The molecule has 0 atom stereocenters. The number of aromatic nitrogens is 3. The highest BCUT2D eigenvalue weighted by atomic mass is 35.5. The lowest BCUT2D eigenvalue weighted by Gasteiger charge is -2.06. The molecule has 1 aromatic heterocycles. The number of aromatic hydroxyl groups is 1. The van der Waals surface area contributed by atoms with Crippen LogP contribution in [-0.2, 0) is 17.9 Å². The van der Waals surface area contributed by atoms with E-state index in [1.807, 2.05) is 0 Å². The van der Waals surface area contributed by atoms with Gasteiger partial charge < -0.3 is 16.2 Å². The first-order valence-corrected chi connectivity index (χ1v) is 5.83. The van der Waals surface area contributed by atoms with Gasteiger partial charge in [-0.1, -0.05) is 16.8 Å². The molecule has 0 aliphatic rings. The fraction of sp³-hybridized carbons (Fsp3) is 0.182. The van der Waals surface area contributed by atoms with Gasteiger partial charge in [-0.05, 0) is 18.2 Å². The standard InChI is InChI=1S/C11H12ClN5O2/c12-9-3-7(1-2-10(9)18)14-11(19)6-17-5-8(4-13)15-16-17/h1-3,5,18H,4,6,13H2,(H,14,19). The SMILES string of the molecule is NCc1cn(CC(=O)Nc2ccc(O)c(Cl)c2)nn1. The van der Waals surface area contributed by atoms with Gasteiger partial charge in [0.25, 0.3) is 0 Å². The smallest absolute Gasteiger partial charge is 0.246 e. The Hall–Kier alpha value is -2.12. The Balaban J connectivity index is 1.98. The highest BCUT2D eigenvalue weighted by molar-refractivity contribution is 6.32. The molecule has 4 N–H and O–H groups in total. The van der Waals surface area contributed by atoms with Crippen LogP contribution < -0.4 is 11.1 Å². The minimum atomic E-state index is -0.282. The number of carbonyl (C=O) groups excluding carboxylic acids is 1. The van der Waals surface area contributed by atoms with Crippen LogP contribution in [0.2, 0.25) is 5.02 Å². The molecular formula is C11H12ClN5O2. The van der Waals surface area contributed by atoms with E-state index < -0.39 is 0 Å². The second-order valence-corrected chi connectivity index (χ2v) is 4.23. The maximum Gasteiger partial charge on any atom is 0.246 e. The van der Waals surface area contributed by atoms with Gasteiger partial charge in [0.2, 0.25) is 5.91 Å². The van der Waals surface area contributed by atoms with Crippen molar-refractivity contribution in [1.29, 1.82) is 0 Å². The number of rotatable bonds is 4. The third-order valence-corrected chi connectivity index (χ3v) is 2.64. The third kappa shape index (κ3) is 3.43. The molecule has 0 aliphatic heterocycles. The topological polar surface area (TPSA) is 106 Å². The molecule has 1 amide bonds. The van der Waals surface area contributed by atoms with Gasteiger partial charge in [0.1, 0.15) is 12.3 Å². The molecule has 0 bridgehead atoms. The highest BCUT2D eigenvalue weighted by Gasteiger charge is 2.07. The summed E-state index contributed by atoms with van der Waals surface area (Å²) in [5.41, 5.74) is 6.50. The number of anilines is 1. The van der Waals surface area contributed by atoms with Crippen LogP contribution in [0.4, 0.5) is 5.69 Å². The van der Waals surface area contributed by atoms with Gasteiger partial charge in [0.05, 0.1) is 16.9 Å². The van der Waals surface area contributed by atoms with Crippen molar-refractivity contribution in [1.82, 2.24) is 15.0 Å². The van der Waals surface area contributed by atoms with Crippen LogP contribution in [0, 0.1) is 0 Å². The number of benzene rings is 1. The monoisotopic (exact) mass is 281 g/mol. The number of phenolic OH excluding ortho intramolecular Hbond substituents is 1. The lowest BCUT2D eigenvalue weighted by Crippen LogP contribution is -2.19. The molecule has 0 radical (unpaired) electrons. The Morgan fingerprint density at radius 2 is 2.32 bits per heavy atom. The molecule has 0 saturated carbocycles. The van der Waals surface area contributed by atoms with Crippen molar-refractivity contribution >= 4 is 23.2 Å². The van der Waals surface area contributed by atoms with E-state index in [0.29, 0.717) is 11.4 Å². The molecule has 100 valence electrons. The number of carbonyl (C=O) groups is 1. The molecular weight excluding hydrogens is 270 g/mol. The largest absolute Gasteiger partial charge is 0.506 e. The van der Waals surface area contributed by atoms with E-state index in [0.717, 1.165) is 0 Å². The van der Waals surface area contributed by atoms with Crippen molar-refractivity contribution in [2.75, 3.05) is 5.32 Å². The molecule has 19 heavy (non-hydrogen) atoms. The van der Waals surface area contributed by atoms with Gasteiger partial charge in [-0.2, -0.15) is 0 Å². The van der Waals surface area contributed by atoms with Gasteiger partial charge in [-0.15, -0.1) is 5.10 Å². The average molecular weight is 282 g/mol. The lowest BCUT2D eigenvalue weighted by molar-refractivity contribution is -0.116. The van der Waals surface area contributed by atoms with Crippen molar-refractivity contribution in [3.63, 3.8) is 0 Å². The maximum absolute atomic E-state index is 11.7. The van der Waals surface area contributed by atoms with Crippen molar-refractivity contribution in [3.05, 3.63) is 35.1 Å². The van der Waals surface area contributed by atoms with Crippen LogP contribution in [-0.4, -0.2) is 26.0 Å². The minimum absolute atomic E-state index is 0.0193. The van der Waals surface area contributed by atoms with Crippen LogP contribution in [0.3, 0.4) is 0 Å². The Bertz CT molecular complexity index is 599. The van der Waals surface area contributed by atoms with Crippen LogP contribution in [0.5, 0.6) is 5.75 Å². The third-order valence-electron chi connectivity index (χ3n) is 2.33. The van der Waals surface area contributed by atoms with E-state index in [2.05, 4.69) is 15.6 Å². The summed E-state index contributed by atoms with van der Waals surface area (Å²) in [5, 5.41) is 19.6. The van der Waals surface area contributed by atoms with E-state index in [4.69, 9.17) is 17.3 Å². The van der Waals surface area contributed by atoms with Crippen molar-refractivity contribution in [2.45, 2.75) is 13.1 Å². The normalized spacial score (nSPS) is 10.4. The molecule has 2 rings (SSSR count). The van der Waals surface area contributed by atoms with Crippen LogP contribution >= 0.6 is 11.6 Å². The number of nitrogens with one attached hydrogen (secondary N) is 1. The zero-order valence-corrected chi connectivity index (χ0v) is 10.6. The number of amides is 1. The predicted molar refractivity (Wildman–Crippen MR) is 69.7 cm³/mol. The van der Waals surface area contributed by atoms with E-state index in [1.165, 1.54) is 16.8 Å². The van der Waals surface area contributed by atoms with Crippen LogP contribution in [0.1, 0.15) is 5.69 Å². The molecule has 8 heteroatoms. The quantitative estimate of drug-likeness (QED) is 0.717. The van der Waals surface area contributed by atoms with Crippen LogP contribution in [0.15, 0.2) is 24.4 Å². The first-order valence-electron chi connectivity index (χ1n) is 5.46. The predicted octanol–water partition coefficient (Wildman–Crippen LogP) is 0.734. The number of halogens is 1. The first kappa shape index (κ1) is 13.3. The summed E-state index contributed by atoms with van der Waals surface area (Å²) in [6.07, 6.45) is 1.60. The zero-order valence-electron chi connectivity index (χ0n) is 9.88. The zero-order chi connectivity index (χ0) is 13.8. The van der Waals surface area contributed by atoms with Crippen molar-refractivity contribution in [3.8, 4) is 5.75 Å². The molecule has 0 spiro atoms. The van der Waals surface area contributed by atoms with Crippen molar-refractivity contribution < 1.29 is 9.90 Å². The molecule has 2 aromatic rings. The number of nitrogens with two attached hydrogens (primary N) is 1. The van der Waals surface area contributed by atoms with E-state index in [1.54, 1.807) is 12.3 Å². The second-order valence-electron chi connectivity index (χ2n) is 3.83. The molecule has 1 heterocycles. The molecule has 0 unspecified atom stereocenters. The summed E-state index contributed by atoms with van der Waals surface area (Å²) in [5.74, 6) is -0.321. The van der Waals surface area contributed by atoms with E-state index >= 15 is 0 Å². The number of hydrogen-bond acceptors (Lipinski definition) is 5. The summed E-state index contributed by atoms with van der Waals surface area (Å²) < 4.78 is 1.39. The maximum atomic E-state index is 11.7. The summed E-state index contributed by atoms with van der Waals surface area (Å²) in [7, 11) is 0. The number of hydrogen-bond donors (Lipinski definition) is 3. The van der Waals surface area contributed by atoms with Gasteiger partial charge >= 0.3 is 0 Å². The molecule has 1 aromatic carbocycles. The summed E-state index contributed by atoms with van der Waals surface area (Å²) in [4.78, 5) is 11.7. The number of phenols is 1. The fourth-order valence-corrected chi connectivity index (χ4v) is 1.62. The van der Waals surface area contributed by atoms with Gasteiger partial charge in [-0.25, -0.2) is 4.68 Å². The van der Waals surface area contributed by atoms with Gasteiger partial charge in [-0.3, -0.25) is 4.79 Å².